The van der Waals surface area contributed by atoms with Gasteiger partial charge in [-0.2, -0.15) is 5.26 Å². The number of amides is 1. The number of nitrogens with zero attached hydrogens (tertiary/aromatic N) is 2. The van der Waals surface area contributed by atoms with Gasteiger partial charge in [-0.25, -0.2) is 9.37 Å². The highest BCUT2D eigenvalue weighted by atomic mass is 19.1. The van der Waals surface area contributed by atoms with Crippen LogP contribution < -0.4 is 10.6 Å². The molecule has 0 aliphatic carbocycles. The molecule has 6 nitrogen and oxygen atoms in total. The van der Waals surface area contributed by atoms with Crippen molar-refractivity contribution in [1.82, 2.24) is 10.3 Å². The van der Waals surface area contributed by atoms with E-state index in [4.69, 9.17) is 10.00 Å². The summed E-state index contributed by atoms with van der Waals surface area (Å²) in [6.07, 6.45) is -0.334. The van der Waals surface area contributed by atoms with Crippen molar-refractivity contribution in [3.05, 3.63) is 58.7 Å². The summed E-state index contributed by atoms with van der Waals surface area (Å²) in [5, 5.41) is 14.7. The van der Waals surface area contributed by atoms with E-state index >= 15 is 0 Å². The molecule has 25 heavy (non-hydrogen) atoms. The Labute approximate surface area is 144 Å². The molecule has 0 bridgehead atoms. The first kappa shape index (κ1) is 17.0. The van der Waals surface area contributed by atoms with Crippen LogP contribution in [0.15, 0.2) is 30.3 Å². The van der Waals surface area contributed by atoms with Gasteiger partial charge in [0.1, 0.15) is 17.6 Å². The highest BCUT2D eigenvalue weighted by Crippen LogP contribution is 2.24. The van der Waals surface area contributed by atoms with E-state index < -0.39 is 11.7 Å². The van der Waals surface area contributed by atoms with E-state index in [0.717, 1.165) is 6.54 Å². The number of pyridine rings is 1. The normalized spacial score (nSPS) is 16.9. The lowest BCUT2D eigenvalue weighted by atomic mass is 10.1. The zero-order valence-electron chi connectivity index (χ0n) is 13.7. The lowest BCUT2D eigenvalue weighted by molar-refractivity contribution is 0.0255. The number of aryl methyl sites for hydroxylation is 1. The molecule has 1 aliphatic rings. The molecule has 0 spiro atoms. The Balaban J connectivity index is 1.77. The average Bonchev–Trinajstić information content (AvgIpc) is 2.62. The molecule has 1 atom stereocenters. The standard InChI is InChI=1S/C18H17FN4O2/c1-11-6-12(7-14(9-20)22-11)18(24)23-13-2-3-15(16(19)8-13)17-10-21-4-5-25-17/h2-3,6-8,17,21H,4-5,10H2,1H3,(H,23,24). The predicted molar refractivity (Wildman–Crippen MR) is 89.6 cm³/mol. The Morgan fingerprint density at radius 1 is 1.44 bits per heavy atom. The van der Waals surface area contributed by atoms with Gasteiger partial charge in [0, 0.05) is 35.6 Å². The second-order valence-electron chi connectivity index (χ2n) is 5.75. The Morgan fingerprint density at radius 2 is 2.28 bits per heavy atom. The van der Waals surface area contributed by atoms with Crippen LogP contribution in [-0.4, -0.2) is 30.6 Å². The van der Waals surface area contributed by atoms with Gasteiger partial charge in [-0.15, -0.1) is 0 Å². The molecule has 7 heteroatoms. The number of halogens is 1. The topological polar surface area (TPSA) is 87.0 Å². The number of hydrogen-bond acceptors (Lipinski definition) is 5. The highest BCUT2D eigenvalue weighted by molar-refractivity contribution is 6.04. The van der Waals surface area contributed by atoms with Crippen molar-refractivity contribution in [2.75, 3.05) is 25.0 Å². The van der Waals surface area contributed by atoms with Gasteiger partial charge in [-0.3, -0.25) is 4.79 Å². The van der Waals surface area contributed by atoms with Crippen molar-refractivity contribution < 1.29 is 13.9 Å². The number of morpholine rings is 1. The number of ether oxygens (including phenoxy) is 1. The lowest BCUT2D eigenvalue weighted by Crippen LogP contribution is -2.33. The molecule has 1 aromatic carbocycles. The molecular weight excluding hydrogens is 323 g/mol. The maximum atomic E-state index is 14.4. The first-order chi connectivity index (χ1) is 12.1. The molecule has 3 rings (SSSR count). The maximum Gasteiger partial charge on any atom is 0.255 e. The zero-order valence-corrected chi connectivity index (χ0v) is 13.7. The number of nitriles is 1. The molecule has 1 saturated heterocycles. The second kappa shape index (κ2) is 7.38. The number of carbonyl (C=O) groups is 1. The van der Waals surface area contributed by atoms with Crippen LogP contribution >= 0.6 is 0 Å². The van der Waals surface area contributed by atoms with Gasteiger partial charge < -0.3 is 15.4 Å². The number of aromatic nitrogens is 1. The van der Waals surface area contributed by atoms with Crippen molar-refractivity contribution in [3.63, 3.8) is 0 Å². The number of hydrogen-bond donors (Lipinski definition) is 2. The highest BCUT2D eigenvalue weighted by Gasteiger charge is 2.20. The Kier molecular flexibility index (Phi) is 5.03. The summed E-state index contributed by atoms with van der Waals surface area (Å²) >= 11 is 0. The zero-order chi connectivity index (χ0) is 17.8. The van der Waals surface area contributed by atoms with Gasteiger partial charge in [-0.05, 0) is 31.2 Å². The van der Waals surface area contributed by atoms with Crippen molar-refractivity contribution in [2.45, 2.75) is 13.0 Å². The fourth-order valence-electron chi connectivity index (χ4n) is 2.69. The van der Waals surface area contributed by atoms with Crippen LogP contribution in [0.5, 0.6) is 0 Å². The summed E-state index contributed by atoms with van der Waals surface area (Å²) in [6, 6.07) is 9.39. The summed E-state index contributed by atoms with van der Waals surface area (Å²) in [7, 11) is 0. The largest absolute Gasteiger partial charge is 0.371 e. The van der Waals surface area contributed by atoms with E-state index in [-0.39, 0.29) is 11.8 Å². The molecule has 0 radical (unpaired) electrons. The minimum absolute atomic E-state index is 0.161. The van der Waals surface area contributed by atoms with E-state index in [9.17, 15) is 9.18 Å². The van der Waals surface area contributed by atoms with E-state index in [1.54, 1.807) is 25.1 Å². The molecule has 2 heterocycles. The molecule has 1 aromatic heterocycles. The van der Waals surface area contributed by atoms with Crippen molar-refractivity contribution in [2.24, 2.45) is 0 Å². The molecule has 1 aliphatic heterocycles. The number of rotatable bonds is 3. The molecule has 2 aromatic rings. The average molecular weight is 340 g/mol. The van der Waals surface area contributed by atoms with Crippen LogP contribution in [0, 0.1) is 24.1 Å². The summed E-state index contributed by atoms with van der Waals surface area (Å²) in [5.74, 6) is -0.861. The van der Waals surface area contributed by atoms with Crippen LogP contribution in [-0.2, 0) is 4.74 Å². The maximum absolute atomic E-state index is 14.4. The molecule has 2 N–H and O–H groups in total. The predicted octanol–water partition coefficient (Wildman–Crippen LogP) is 2.31. The van der Waals surface area contributed by atoms with Gasteiger partial charge in [0.15, 0.2) is 0 Å². The van der Waals surface area contributed by atoms with Crippen molar-refractivity contribution in [3.8, 4) is 6.07 Å². The van der Waals surface area contributed by atoms with Gasteiger partial charge in [-0.1, -0.05) is 6.07 Å². The number of carbonyl (C=O) groups excluding carboxylic acids is 1. The van der Waals surface area contributed by atoms with Crippen LogP contribution in [0.4, 0.5) is 10.1 Å². The Hall–Kier alpha value is -2.82. The fraction of sp³-hybridized carbons (Fsp3) is 0.278. The minimum atomic E-state index is -0.435. The minimum Gasteiger partial charge on any atom is -0.371 e. The summed E-state index contributed by atoms with van der Waals surface area (Å²) in [5.41, 5.74) is 1.81. The van der Waals surface area contributed by atoms with Crippen molar-refractivity contribution >= 4 is 11.6 Å². The van der Waals surface area contributed by atoms with Crippen LogP contribution in [0.2, 0.25) is 0 Å². The first-order valence-electron chi connectivity index (χ1n) is 7.89. The third kappa shape index (κ3) is 3.99. The second-order valence-corrected chi connectivity index (χ2v) is 5.75. The SMILES string of the molecule is Cc1cc(C(=O)Nc2ccc(C3CNCCO3)c(F)c2)cc(C#N)n1. The fourth-order valence-corrected chi connectivity index (χ4v) is 2.69. The Morgan fingerprint density at radius 3 is 2.96 bits per heavy atom. The van der Waals surface area contributed by atoms with Gasteiger partial charge >= 0.3 is 0 Å². The van der Waals surface area contributed by atoms with Gasteiger partial charge in [0.2, 0.25) is 0 Å². The number of anilines is 1. The van der Waals surface area contributed by atoms with Gasteiger partial charge in [0.05, 0.1) is 12.7 Å². The quantitative estimate of drug-likeness (QED) is 0.895. The van der Waals surface area contributed by atoms with Crippen LogP contribution in [0.25, 0.3) is 0 Å². The van der Waals surface area contributed by atoms with Gasteiger partial charge in [0.25, 0.3) is 5.91 Å². The van der Waals surface area contributed by atoms with Crippen LogP contribution in [0.3, 0.4) is 0 Å². The molecule has 1 unspecified atom stereocenters. The molecule has 1 amide bonds. The van der Waals surface area contributed by atoms with E-state index in [1.165, 1.54) is 12.1 Å². The molecule has 128 valence electrons. The van der Waals surface area contributed by atoms with E-state index in [2.05, 4.69) is 15.6 Å². The van der Waals surface area contributed by atoms with Crippen LogP contribution in [0.1, 0.15) is 33.4 Å². The molecule has 0 saturated carbocycles. The summed E-state index contributed by atoms with van der Waals surface area (Å²) in [6.45, 7) is 3.54. The summed E-state index contributed by atoms with van der Waals surface area (Å²) in [4.78, 5) is 16.3. The monoisotopic (exact) mass is 340 g/mol. The number of nitrogens with one attached hydrogen (secondary N) is 2. The summed E-state index contributed by atoms with van der Waals surface area (Å²) < 4.78 is 19.9. The van der Waals surface area contributed by atoms with Crippen molar-refractivity contribution in [1.29, 1.82) is 5.26 Å². The van der Waals surface area contributed by atoms with E-state index in [0.29, 0.717) is 35.7 Å². The third-order valence-electron chi connectivity index (χ3n) is 3.86. The molecule has 1 fully saturated rings. The van der Waals surface area contributed by atoms with E-state index in [1.807, 2.05) is 6.07 Å². The molecular formula is C18H17FN4O2. The third-order valence-corrected chi connectivity index (χ3v) is 3.86. The Bertz CT molecular complexity index is 841. The smallest absolute Gasteiger partial charge is 0.255 e. The first-order valence-corrected chi connectivity index (χ1v) is 7.89. The number of benzene rings is 1. The lowest BCUT2D eigenvalue weighted by Gasteiger charge is -2.24.